The Hall–Kier alpha value is -2.38. The second-order valence-electron chi connectivity index (χ2n) is 4.92. The van der Waals surface area contributed by atoms with Crippen molar-refractivity contribution in [3.8, 4) is 0 Å². The number of hydrogen-bond donors (Lipinski definition) is 2. The van der Waals surface area contributed by atoms with Crippen LogP contribution in [-0.4, -0.2) is 35.7 Å². The van der Waals surface area contributed by atoms with Gasteiger partial charge in [0.1, 0.15) is 0 Å². The fourth-order valence-electron chi connectivity index (χ4n) is 2.25. The molecule has 0 atom stereocenters. The summed E-state index contributed by atoms with van der Waals surface area (Å²) in [5, 5.41) is 2.50. The summed E-state index contributed by atoms with van der Waals surface area (Å²) < 4.78 is 38.6. The summed E-state index contributed by atoms with van der Waals surface area (Å²) in [5.41, 5.74) is -1.37. The molecule has 0 spiro atoms. The summed E-state index contributed by atoms with van der Waals surface area (Å²) in [4.78, 5) is 29.9. The number of aliphatic imine (C=N–C) groups is 1. The van der Waals surface area contributed by atoms with Crippen LogP contribution in [0.2, 0.25) is 0 Å². The monoisotopic (exact) mass is 313 g/mol. The molecule has 1 aliphatic heterocycles. The number of hydrogen-bond acceptors (Lipinski definition) is 4. The molecule has 0 bridgehead atoms. The van der Waals surface area contributed by atoms with Crippen molar-refractivity contribution in [2.45, 2.75) is 20.0 Å². The Labute approximate surface area is 124 Å². The summed E-state index contributed by atoms with van der Waals surface area (Å²) >= 11 is 0. The third-order valence-corrected chi connectivity index (χ3v) is 3.11. The Morgan fingerprint density at radius 3 is 2.64 bits per heavy atom. The number of alkyl halides is 3. The maximum Gasteiger partial charge on any atom is 0.434 e. The van der Waals surface area contributed by atoms with E-state index in [1.165, 1.54) is 0 Å². The van der Waals surface area contributed by atoms with Crippen molar-refractivity contribution in [2.24, 2.45) is 4.99 Å². The first-order valence-corrected chi connectivity index (χ1v) is 6.52. The zero-order valence-corrected chi connectivity index (χ0v) is 12.0. The number of allylic oxidation sites excluding steroid dienone is 2. The molecular formula is C14H14F3N3O2. The molecule has 0 aliphatic carbocycles. The van der Waals surface area contributed by atoms with Crippen LogP contribution in [0.1, 0.15) is 21.6 Å². The van der Waals surface area contributed by atoms with E-state index in [1.807, 2.05) is 0 Å². The number of aromatic nitrogens is 1. The van der Waals surface area contributed by atoms with Crippen LogP contribution in [0.25, 0.3) is 0 Å². The normalized spacial score (nSPS) is 17.1. The van der Waals surface area contributed by atoms with Crippen molar-refractivity contribution in [2.75, 3.05) is 13.1 Å². The molecule has 0 amide bonds. The Morgan fingerprint density at radius 1 is 1.36 bits per heavy atom. The van der Waals surface area contributed by atoms with Gasteiger partial charge in [-0.25, -0.2) is 0 Å². The van der Waals surface area contributed by atoms with Gasteiger partial charge in [-0.2, -0.15) is 13.2 Å². The van der Waals surface area contributed by atoms with Crippen LogP contribution in [0.3, 0.4) is 0 Å². The molecular weight excluding hydrogens is 299 g/mol. The number of aromatic amines is 1. The number of aryl methyl sites for hydroxylation is 2. The van der Waals surface area contributed by atoms with Crippen LogP contribution in [0.4, 0.5) is 13.2 Å². The van der Waals surface area contributed by atoms with Gasteiger partial charge in [0.05, 0.1) is 17.8 Å². The van der Waals surface area contributed by atoms with Gasteiger partial charge in [-0.05, 0) is 25.5 Å². The minimum atomic E-state index is -4.66. The summed E-state index contributed by atoms with van der Waals surface area (Å²) in [7, 11) is 0. The predicted octanol–water partition coefficient (Wildman–Crippen LogP) is 1.66. The van der Waals surface area contributed by atoms with Gasteiger partial charge >= 0.3 is 6.18 Å². The van der Waals surface area contributed by atoms with Crippen LogP contribution in [-0.2, 0) is 0 Å². The molecule has 0 saturated carbocycles. The molecule has 22 heavy (non-hydrogen) atoms. The van der Waals surface area contributed by atoms with Gasteiger partial charge in [0.15, 0.2) is 11.5 Å². The average Bonchev–Trinajstić information content (AvgIpc) is 2.36. The van der Waals surface area contributed by atoms with Crippen molar-refractivity contribution in [3.05, 3.63) is 45.0 Å². The molecule has 2 N–H and O–H groups in total. The van der Waals surface area contributed by atoms with Crippen LogP contribution < -0.4 is 10.9 Å². The number of halogens is 3. The van der Waals surface area contributed by atoms with E-state index in [-0.39, 0.29) is 18.7 Å². The molecule has 8 heteroatoms. The van der Waals surface area contributed by atoms with Gasteiger partial charge in [0, 0.05) is 18.3 Å². The number of H-pyrrole nitrogens is 1. The van der Waals surface area contributed by atoms with Crippen molar-refractivity contribution in [1.82, 2.24) is 10.3 Å². The van der Waals surface area contributed by atoms with Crippen LogP contribution in [0.15, 0.2) is 27.6 Å². The number of carbonyl (C=O) groups excluding carboxylic acids is 1. The molecule has 2 rings (SSSR count). The lowest BCUT2D eigenvalue weighted by Gasteiger charge is -2.19. The summed E-state index contributed by atoms with van der Waals surface area (Å²) in [6.07, 6.45) is -3.88. The number of ketones is 1. The SMILES string of the molecule is Cc1cc(C)c(C(=O)C=C2NCCN=C2C(F)(F)F)c(=O)[nH]1. The first kappa shape index (κ1) is 16.0. The molecule has 0 radical (unpaired) electrons. The Kier molecular flexibility index (Phi) is 4.20. The molecule has 1 aliphatic rings. The zero-order chi connectivity index (χ0) is 16.5. The van der Waals surface area contributed by atoms with Crippen LogP contribution in [0, 0.1) is 13.8 Å². The van der Waals surface area contributed by atoms with E-state index in [4.69, 9.17) is 0 Å². The van der Waals surface area contributed by atoms with E-state index in [2.05, 4.69) is 15.3 Å². The largest absolute Gasteiger partial charge is 0.434 e. The zero-order valence-electron chi connectivity index (χ0n) is 12.0. The maximum atomic E-state index is 12.9. The number of nitrogens with one attached hydrogen (secondary N) is 2. The first-order chi connectivity index (χ1) is 10.2. The van der Waals surface area contributed by atoms with E-state index in [9.17, 15) is 22.8 Å². The highest BCUT2D eigenvalue weighted by Gasteiger charge is 2.39. The summed E-state index contributed by atoms with van der Waals surface area (Å²) in [6, 6.07) is 1.58. The number of carbonyl (C=O) groups is 1. The minimum Gasteiger partial charge on any atom is -0.381 e. The first-order valence-electron chi connectivity index (χ1n) is 6.52. The quantitative estimate of drug-likeness (QED) is 0.644. The Morgan fingerprint density at radius 2 is 2.05 bits per heavy atom. The van der Waals surface area contributed by atoms with E-state index in [0.29, 0.717) is 11.3 Å². The van der Waals surface area contributed by atoms with Gasteiger partial charge in [-0.1, -0.05) is 0 Å². The number of rotatable bonds is 2. The van der Waals surface area contributed by atoms with Gasteiger partial charge in [-0.3, -0.25) is 14.6 Å². The van der Waals surface area contributed by atoms with Gasteiger partial charge in [-0.15, -0.1) is 0 Å². The molecule has 0 aromatic carbocycles. The fraction of sp³-hybridized carbons (Fsp3) is 0.357. The highest BCUT2D eigenvalue weighted by atomic mass is 19.4. The molecule has 0 unspecified atom stereocenters. The molecule has 0 saturated heterocycles. The van der Waals surface area contributed by atoms with Gasteiger partial charge in [0.25, 0.3) is 5.56 Å². The Bertz CT molecular complexity index is 730. The lowest BCUT2D eigenvalue weighted by molar-refractivity contribution is -0.0589. The lowest BCUT2D eigenvalue weighted by Crippen LogP contribution is -2.38. The third-order valence-electron chi connectivity index (χ3n) is 3.11. The highest BCUT2D eigenvalue weighted by molar-refractivity contribution is 6.13. The smallest absolute Gasteiger partial charge is 0.381 e. The standard InChI is InChI=1S/C14H14F3N3O2/c1-7-5-8(2)20-13(22)11(7)10(21)6-9-12(14(15,16)17)19-4-3-18-9/h5-6,18H,3-4H2,1-2H3,(H,20,22). The van der Waals surface area contributed by atoms with E-state index in [0.717, 1.165) is 6.08 Å². The fourth-order valence-corrected chi connectivity index (χ4v) is 2.25. The van der Waals surface area contributed by atoms with Crippen molar-refractivity contribution < 1.29 is 18.0 Å². The van der Waals surface area contributed by atoms with Crippen molar-refractivity contribution >= 4 is 11.5 Å². The predicted molar refractivity (Wildman–Crippen MR) is 75.3 cm³/mol. The highest BCUT2D eigenvalue weighted by Crippen LogP contribution is 2.23. The van der Waals surface area contributed by atoms with Crippen molar-refractivity contribution in [3.63, 3.8) is 0 Å². The van der Waals surface area contributed by atoms with Crippen LogP contribution in [0.5, 0.6) is 0 Å². The number of pyridine rings is 1. The van der Waals surface area contributed by atoms with E-state index < -0.39 is 28.9 Å². The summed E-state index contributed by atoms with van der Waals surface area (Å²) in [5.74, 6) is -0.792. The number of nitrogens with zero attached hydrogens (tertiary/aromatic N) is 1. The average molecular weight is 313 g/mol. The maximum absolute atomic E-state index is 12.9. The second-order valence-corrected chi connectivity index (χ2v) is 4.92. The second kappa shape index (κ2) is 5.78. The van der Waals surface area contributed by atoms with E-state index in [1.54, 1.807) is 19.9 Å². The third kappa shape index (κ3) is 3.26. The van der Waals surface area contributed by atoms with Crippen molar-refractivity contribution in [1.29, 1.82) is 0 Å². The lowest BCUT2D eigenvalue weighted by atomic mass is 10.0. The van der Waals surface area contributed by atoms with Gasteiger partial charge < -0.3 is 10.3 Å². The minimum absolute atomic E-state index is 0.0233. The topological polar surface area (TPSA) is 74.3 Å². The molecule has 1 aromatic heterocycles. The molecule has 118 valence electrons. The van der Waals surface area contributed by atoms with E-state index >= 15 is 0 Å². The van der Waals surface area contributed by atoms with Crippen LogP contribution >= 0.6 is 0 Å². The Balaban J connectivity index is 2.45. The molecule has 0 fully saturated rings. The molecule has 1 aromatic rings. The molecule has 5 nitrogen and oxygen atoms in total. The molecule has 2 heterocycles. The van der Waals surface area contributed by atoms with Gasteiger partial charge in [0.2, 0.25) is 0 Å². The summed E-state index contributed by atoms with van der Waals surface area (Å²) in [6.45, 7) is 3.38.